The molecule has 2 aromatic carbocycles. The average Bonchev–Trinajstić information content (AvgIpc) is 2.75. The zero-order valence-corrected chi connectivity index (χ0v) is 17.3. The summed E-state index contributed by atoms with van der Waals surface area (Å²) in [6, 6.07) is 15.1. The number of unbranched alkanes of at least 4 members (excludes halogenated alkanes) is 1. The Hall–Kier alpha value is -2.73. The van der Waals surface area contributed by atoms with Gasteiger partial charge in [-0.05, 0) is 67.8 Å². The molecule has 1 saturated heterocycles. The Morgan fingerprint density at radius 2 is 1.72 bits per heavy atom. The van der Waals surface area contributed by atoms with E-state index in [1.54, 1.807) is 7.11 Å². The van der Waals surface area contributed by atoms with Gasteiger partial charge in [0.25, 0.3) is 0 Å². The lowest BCUT2D eigenvalue weighted by molar-refractivity contribution is 0.0893. The number of carbonyl (C=O) groups is 1. The van der Waals surface area contributed by atoms with Crippen LogP contribution in [0.1, 0.15) is 32.6 Å². The summed E-state index contributed by atoms with van der Waals surface area (Å²) in [5, 5.41) is 5.72. The Balaban J connectivity index is 1.49. The van der Waals surface area contributed by atoms with E-state index >= 15 is 0 Å². The minimum Gasteiger partial charge on any atom is -0.494 e. The fourth-order valence-electron chi connectivity index (χ4n) is 3.38. The number of ether oxygens (including phenoxy) is 2. The maximum Gasteiger partial charge on any atom is 0.323 e. The van der Waals surface area contributed by atoms with Gasteiger partial charge in [0.15, 0.2) is 0 Å². The molecule has 0 aromatic heterocycles. The molecule has 0 aliphatic carbocycles. The minimum atomic E-state index is -0.269. The van der Waals surface area contributed by atoms with Gasteiger partial charge in [-0.15, -0.1) is 0 Å². The fourth-order valence-corrected chi connectivity index (χ4v) is 3.38. The van der Waals surface area contributed by atoms with Crippen LogP contribution in [-0.4, -0.2) is 38.9 Å². The molecule has 1 unspecified atom stereocenters. The van der Waals surface area contributed by atoms with Gasteiger partial charge in [0.05, 0.1) is 12.7 Å². The second-order valence-electron chi connectivity index (χ2n) is 7.30. The molecule has 3 rings (SSSR count). The molecule has 2 amide bonds. The van der Waals surface area contributed by atoms with Crippen LogP contribution in [-0.2, 0) is 4.74 Å². The van der Waals surface area contributed by atoms with Gasteiger partial charge in [-0.25, -0.2) is 4.79 Å². The third kappa shape index (κ3) is 6.39. The normalized spacial score (nSPS) is 16.3. The lowest BCUT2D eigenvalue weighted by atomic mass is 10.1. The Kier molecular flexibility index (Phi) is 7.76. The van der Waals surface area contributed by atoms with Gasteiger partial charge in [-0.2, -0.15) is 0 Å². The van der Waals surface area contributed by atoms with Gasteiger partial charge in [-0.1, -0.05) is 13.3 Å². The summed E-state index contributed by atoms with van der Waals surface area (Å²) in [7, 11) is 1.77. The van der Waals surface area contributed by atoms with Crippen molar-refractivity contribution in [2.45, 2.75) is 38.7 Å². The Morgan fingerprint density at radius 1 is 1.07 bits per heavy atom. The van der Waals surface area contributed by atoms with E-state index in [1.165, 1.54) is 0 Å². The zero-order valence-electron chi connectivity index (χ0n) is 17.3. The number of methoxy groups -OCH3 is 1. The van der Waals surface area contributed by atoms with E-state index in [9.17, 15) is 4.79 Å². The Bertz CT molecular complexity index is 762. The van der Waals surface area contributed by atoms with Crippen LogP contribution in [0.5, 0.6) is 5.75 Å². The van der Waals surface area contributed by atoms with E-state index in [1.807, 2.05) is 48.5 Å². The highest BCUT2D eigenvalue weighted by Gasteiger charge is 2.19. The second-order valence-corrected chi connectivity index (χ2v) is 7.30. The van der Waals surface area contributed by atoms with Crippen LogP contribution in [0.3, 0.4) is 0 Å². The van der Waals surface area contributed by atoms with Crippen LogP contribution in [0, 0.1) is 0 Å². The van der Waals surface area contributed by atoms with Gasteiger partial charge < -0.3 is 25.0 Å². The van der Waals surface area contributed by atoms with Crippen molar-refractivity contribution >= 4 is 23.1 Å². The molecular formula is C23H31N3O3. The number of hydrogen-bond donors (Lipinski definition) is 2. The van der Waals surface area contributed by atoms with Gasteiger partial charge in [0.2, 0.25) is 0 Å². The lowest BCUT2D eigenvalue weighted by Gasteiger charge is -2.33. The van der Waals surface area contributed by atoms with E-state index in [0.29, 0.717) is 6.61 Å². The van der Waals surface area contributed by atoms with Crippen molar-refractivity contribution < 1.29 is 14.3 Å². The molecule has 1 fully saturated rings. The molecule has 6 nitrogen and oxygen atoms in total. The third-order valence-electron chi connectivity index (χ3n) is 5.08. The first-order chi connectivity index (χ1) is 14.2. The highest BCUT2D eigenvalue weighted by atomic mass is 16.5. The monoisotopic (exact) mass is 397 g/mol. The number of nitrogens with zero attached hydrogens (tertiary/aromatic N) is 1. The van der Waals surface area contributed by atoms with Crippen LogP contribution in [0.4, 0.5) is 21.9 Å². The molecule has 0 spiro atoms. The molecule has 1 aliphatic rings. The summed E-state index contributed by atoms with van der Waals surface area (Å²) in [4.78, 5) is 14.6. The first-order valence-electron chi connectivity index (χ1n) is 10.4. The molecule has 1 aliphatic heterocycles. The number of carbonyl (C=O) groups excluding carboxylic acids is 1. The van der Waals surface area contributed by atoms with Crippen LogP contribution in [0.15, 0.2) is 48.5 Å². The number of amides is 2. The van der Waals surface area contributed by atoms with Crippen LogP contribution in [0.2, 0.25) is 0 Å². The van der Waals surface area contributed by atoms with Crippen molar-refractivity contribution in [1.82, 2.24) is 0 Å². The molecule has 1 heterocycles. The van der Waals surface area contributed by atoms with Crippen molar-refractivity contribution in [1.29, 1.82) is 0 Å². The average molecular weight is 398 g/mol. The Labute approximate surface area is 173 Å². The van der Waals surface area contributed by atoms with E-state index in [4.69, 9.17) is 9.47 Å². The first kappa shape index (κ1) is 21.0. The molecule has 0 bridgehead atoms. The summed E-state index contributed by atoms with van der Waals surface area (Å²) in [6.45, 7) is 4.78. The molecule has 2 aromatic rings. The van der Waals surface area contributed by atoms with E-state index in [-0.39, 0.29) is 12.1 Å². The van der Waals surface area contributed by atoms with E-state index < -0.39 is 0 Å². The molecule has 1 atom stereocenters. The smallest absolute Gasteiger partial charge is 0.323 e. The molecule has 2 N–H and O–H groups in total. The maximum atomic E-state index is 12.3. The number of hydrogen-bond acceptors (Lipinski definition) is 4. The zero-order chi connectivity index (χ0) is 20.5. The molecular weight excluding hydrogens is 366 g/mol. The summed E-state index contributed by atoms with van der Waals surface area (Å²) in [5.74, 6) is 0.813. The highest BCUT2D eigenvalue weighted by molar-refractivity contribution is 5.99. The fraction of sp³-hybridized carbons (Fsp3) is 0.435. The summed E-state index contributed by atoms with van der Waals surface area (Å²) in [5.41, 5.74) is 2.63. The van der Waals surface area contributed by atoms with Gasteiger partial charge in [0.1, 0.15) is 5.75 Å². The first-order valence-corrected chi connectivity index (χ1v) is 10.4. The standard InChI is InChI=1S/C23H31N3O3/c1-3-4-16-29-21-13-9-19(10-14-21)25-23(27)24-18-7-11-20(12-8-18)26-15-5-6-22(17-26)28-2/h7-14,22H,3-6,15-17H2,1-2H3,(H2,24,25,27). The highest BCUT2D eigenvalue weighted by Crippen LogP contribution is 2.23. The second kappa shape index (κ2) is 10.7. The molecule has 6 heteroatoms. The molecule has 0 radical (unpaired) electrons. The topological polar surface area (TPSA) is 62.8 Å². The van der Waals surface area contributed by atoms with Gasteiger partial charge >= 0.3 is 6.03 Å². The lowest BCUT2D eigenvalue weighted by Crippen LogP contribution is -2.39. The number of nitrogens with one attached hydrogen (secondary N) is 2. The van der Waals surface area contributed by atoms with Crippen LogP contribution in [0.25, 0.3) is 0 Å². The molecule has 0 saturated carbocycles. The number of urea groups is 1. The largest absolute Gasteiger partial charge is 0.494 e. The number of benzene rings is 2. The predicted molar refractivity (Wildman–Crippen MR) is 118 cm³/mol. The number of piperidine rings is 1. The summed E-state index contributed by atoms with van der Waals surface area (Å²) >= 11 is 0. The predicted octanol–water partition coefficient (Wildman–Crippen LogP) is 5.12. The number of rotatable bonds is 8. The number of anilines is 3. The quantitative estimate of drug-likeness (QED) is 0.607. The van der Waals surface area contributed by atoms with Crippen LogP contribution < -0.4 is 20.3 Å². The maximum absolute atomic E-state index is 12.3. The van der Waals surface area contributed by atoms with Crippen molar-refractivity contribution in [2.75, 3.05) is 42.3 Å². The SMILES string of the molecule is CCCCOc1ccc(NC(=O)Nc2ccc(N3CCCC(OC)C3)cc2)cc1. The van der Waals surface area contributed by atoms with Crippen molar-refractivity contribution in [3.63, 3.8) is 0 Å². The van der Waals surface area contributed by atoms with Gasteiger partial charge in [0, 0.05) is 37.3 Å². The van der Waals surface area contributed by atoms with Crippen molar-refractivity contribution in [2.24, 2.45) is 0 Å². The van der Waals surface area contributed by atoms with Crippen LogP contribution >= 0.6 is 0 Å². The van der Waals surface area contributed by atoms with Gasteiger partial charge in [-0.3, -0.25) is 0 Å². The van der Waals surface area contributed by atoms with E-state index in [2.05, 4.69) is 22.5 Å². The third-order valence-corrected chi connectivity index (χ3v) is 5.08. The molecule has 156 valence electrons. The summed E-state index contributed by atoms with van der Waals surface area (Å²) in [6.07, 6.45) is 4.66. The molecule has 29 heavy (non-hydrogen) atoms. The Morgan fingerprint density at radius 3 is 2.34 bits per heavy atom. The van der Waals surface area contributed by atoms with E-state index in [0.717, 1.165) is 61.6 Å². The summed E-state index contributed by atoms with van der Waals surface area (Å²) < 4.78 is 11.1. The van der Waals surface area contributed by atoms with Crippen molar-refractivity contribution in [3.8, 4) is 5.75 Å². The van der Waals surface area contributed by atoms with Crippen molar-refractivity contribution in [3.05, 3.63) is 48.5 Å². The minimum absolute atomic E-state index is 0.269.